The number of nitrogens with zero attached hydrogens (tertiary/aromatic N) is 1. The Morgan fingerprint density at radius 3 is 3.09 bits per heavy atom. The van der Waals surface area contributed by atoms with Gasteiger partial charge in [0.05, 0.1) is 6.10 Å². The zero-order valence-corrected chi connectivity index (χ0v) is 7.16. The molecule has 2 nitrogen and oxygen atoms in total. The molecule has 64 valence electrons. The number of aliphatic hydroxyl groups is 1. The van der Waals surface area contributed by atoms with E-state index in [1.54, 1.807) is 0 Å². The van der Waals surface area contributed by atoms with Crippen molar-refractivity contribution in [3.05, 3.63) is 12.7 Å². The monoisotopic (exact) mass is 155 g/mol. The van der Waals surface area contributed by atoms with E-state index in [1.807, 2.05) is 6.08 Å². The van der Waals surface area contributed by atoms with Crippen molar-refractivity contribution in [3.63, 3.8) is 0 Å². The molecule has 2 atom stereocenters. The zero-order chi connectivity index (χ0) is 8.27. The Bertz CT molecular complexity index is 136. The van der Waals surface area contributed by atoms with E-state index < -0.39 is 0 Å². The molecule has 0 radical (unpaired) electrons. The molecule has 1 fully saturated rings. The van der Waals surface area contributed by atoms with E-state index in [4.69, 9.17) is 0 Å². The van der Waals surface area contributed by atoms with E-state index in [9.17, 15) is 5.11 Å². The van der Waals surface area contributed by atoms with E-state index in [2.05, 4.69) is 18.5 Å². The van der Waals surface area contributed by atoms with Gasteiger partial charge in [0.1, 0.15) is 0 Å². The first-order chi connectivity index (χ1) is 5.24. The van der Waals surface area contributed by atoms with Gasteiger partial charge in [0, 0.05) is 19.0 Å². The summed E-state index contributed by atoms with van der Waals surface area (Å²) in [5.41, 5.74) is 0. The maximum atomic E-state index is 9.54. The lowest BCUT2D eigenvalue weighted by molar-refractivity contribution is 0.0379. The van der Waals surface area contributed by atoms with Gasteiger partial charge in [-0.3, -0.25) is 0 Å². The molecule has 1 aliphatic rings. The minimum atomic E-state index is -0.107. The molecular weight excluding hydrogens is 138 g/mol. The van der Waals surface area contributed by atoms with Gasteiger partial charge in [0.15, 0.2) is 0 Å². The molecular formula is C9H17NO. The van der Waals surface area contributed by atoms with Gasteiger partial charge in [-0.2, -0.15) is 0 Å². The number of allylic oxidation sites excluding steroid dienone is 1. The predicted octanol–water partition coefficient (Wildman–Crippen LogP) is 0.875. The minimum Gasteiger partial charge on any atom is -0.393 e. The van der Waals surface area contributed by atoms with Crippen molar-refractivity contribution >= 4 is 0 Å². The van der Waals surface area contributed by atoms with Crippen LogP contribution in [-0.2, 0) is 0 Å². The molecule has 1 heterocycles. The van der Waals surface area contributed by atoms with Crippen molar-refractivity contribution in [2.24, 2.45) is 5.92 Å². The zero-order valence-electron chi connectivity index (χ0n) is 7.16. The van der Waals surface area contributed by atoms with Crippen LogP contribution in [0.1, 0.15) is 12.8 Å². The molecule has 0 amide bonds. The number of likely N-dealkylation sites (tertiary alicyclic amines) is 1. The third-order valence-corrected chi connectivity index (χ3v) is 2.37. The standard InChI is InChI=1S/C9H17NO/c1-3-4-8-7-10(2)6-5-9(8)11/h3,8-9,11H,1,4-7H2,2H3. The first-order valence-electron chi connectivity index (χ1n) is 4.21. The molecule has 0 bridgehead atoms. The second kappa shape index (κ2) is 3.88. The normalized spacial score (nSPS) is 33.6. The lowest BCUT2D eigenvalue weighted by Crippen LogP contribution is -2.40. The Morgan fingerprint density at radius 1 is 1.73 bits per heavy atom. The van der Waals surface area contributed by atoms with Crippen LogP contribution in [0.4, 0.5) is 0 Å². The molecule has 0 saturated carbocycles. The molecule has 2 heteroatoms. The summed E-state index contributed by atoms with van der Waals surface area (Å²) < 4.78 is 0. The fourth-order valence-electron chi connectivity index (χ4n) is 1.65. The SMILES string of the molecule is C=CCC1CN(C)CCC1O. The summed E-state index contributed by atoms with van der Waals surface area (Å²) in [5.74, 6) is 0.409. The fraction of sp³-hybridized carbons (Fsp3) is 0.778. The van der Waals surface area contributed by atoms with E-state index in [0.717, 1.165) is 25.9 Å². The van der Waals surface area contributed by atoms with E-state index in [-0.39, 0.29) is 6.10 Å². The van der Waals surface area contributed by atoms with Crippen molar-refractivity contribution in [2.45, 2.75) is 18.9 Å². The van der Waals surface area contributed by atoms with Crippen LogP contribution >= 0.6 is 0 Å². The third kappa shape index (κ3) is 2.31. The summed E-state index contributed by atoms with van der Waals surface area (Å²) in [6.07, 6.45) is 3.64. The first kappa shape index (κ1) is 8.75. The molecule has 0 spiro atoms. The maximum absolute atomic E-state index is 9.54. The summed E-state index contributed by atoms with van der Waals surface area (Å²) in [4.78, 5) is 2.26. The number of rotatable bonds is 2. The Kier molecular flexibility index (Phi) is 3.09. The predicted molar refractivity (Wildman–Crippen MR) is 46.4 cm³/mol. The van der Waals surface area contributed by atoms with Crippen LogP contribution in [0.25, 0.3) is 0 Å². The van der Waals surface area contributed by atoms with Crippen molar-refractivity contribution in [3.8, 4) is 0 Å². The van der Waals surface area contributed by atoms with Gasteiger partial charge < -0.3 is 10.0 Å². The summed E-state index contributed by atoms with van der Waals surface area (Å²) in [7, 11) is 2.10. The van der Waals surface area contributed by atoms with Crippen molar-refractivity contribution in [2.75, 3.05) is 20.1 Å². The average Bonchev–Trinajstić information content (AvgIpc) is 1.98. The Hall–Kier alpha value is -0.340. The molecule has 1 saturated heterocycles. The second-order valence-electron chi connectivity index (χ2n) is 3.40. The number of hydrogen-bond donors (Lipinski definition) is 1. The number of piperidine rings is 1. The largest absolute Gasteiger partial charge is 0.393 e. The Balaban J connectivity index is 2.40. The molecule has 1 aliphatic heterocycles. The van der Waals surface area contributed by atoms with Gasteiger partial charge in [0.2, 0.25) is 0 Å². The molecule has 1 N–H and O–H groups in total. The lowest BCUT2D eigenvalue weighted by Gasteiger charge is -2.33. The van der Waals surface area contributed by atoms with Crippen LogP contribution in [0, 0.1) is 5.92 Å². The molecule has 0 aromatic carbocycles. The Morgan fingerprint density at radius 2 is 2.45 bits per heavy atom. The highest BCUT2D eigenvalue weighted by Gasteiger charge is 2.24. The number of hydrogen-bond acceptors (Lipinski definition) is 2. The van der Waals surface area contributed by atoms with Crippen LogP contribution < -0.4 is 0 Å². The fourth-order valence-corrected chi connectivity index (χ4v) is 1.65. The smallest absolute Gasteiger partial charge is 0.0595 e. The van der Waals surface area contributed by atoms with Gasteiger partial charge in [-0.15, -0.1) is 6.58 Å². The van der Waals surface area contributed by atoms with Crippen molar-refractivity contribution in [1.29, 1.82) is 0 Å². The van der Waals surface area contributed by atoms with E-state index in [1.165, 1.54) is 0 Å². The molecule has 11 heavy (non-hydrogen) atoms. The summed E-state index contributed by atoms with van der Waals surface area (Å²) in [6.45, 7) is 5.71. The van der Waals surface area contributed by atoms with Crippen LogP contribution in [0.2, 0.25) is 0 Å². The van der Waals surface area contributed by atoms with Crippen LogP contribution in [-0.4, -0.2) is 36.2 Å². The topological polar surface area (TPSA) is 23.5 Å². The van der Waals surface area contributed by atoms with Crippen molar-refractivity contribution < 1.29 is 5.11 Å². The second-order valence-corrected chi connectivity index (χ2v) is 3.40. The molecule has 0 aliphatic carbocycles. The molecule has 0 aromatic rings. The third-order valence-electron chi connectivity index (χ3n) is 2.37. The Labute approximate surface area is 68.5 Å². The van der Waals surface area contributed by atoms with Gasteiger partial charge in [-0.25, -0.2) is 0 Å². The highest BCUT2D eigenvalue weighted by atomic mass is 16.3. The summed E-state index contributed by atoms with van der Waals surface area (Å²) in [5, 5.41) is 9.54. The van der Waals surface area contributed by atoms with Crippen LogP contribution in [0.5, 0.6) is 0 Å². The quantitative estimate of drug-likeness (QED) is 0.598. The summed E-state index contributed by atoms with van der Waals surface area (Å²) >= 11 is 0. The van der Waals surface area contributed by atoms with Crippen LogP contribution in [0.3, 0.4) is 0 Å². The molecule has 1 rings (SSSR count). The maximum Gasteiger partial charge on any atom is 0.0595 e. The summed E-state index contributed by atoms with van der Waals surface area (Å²) in [6, 6.07) is 0. The van der Waals surface area contributed by atoms with Crippen LogP contribution in [0.15, 0.2) is 12.7 Å². The minimum absolute atomic E-state index is 0.107. The highest BCUT2D eigenvalue weighted by molar-refractivity contribution is 4.83. The van der Waals surface area contributed by atoms with Gasteiger partial charge in [-0.05, 0) is 19.9 Å². The first-order valence-corrected chi connectivity index (χ1v) is 4.21. The molecule has 0 aromatic heterocycles. The van der Waals surface area contributed by atoms with Gasteiger partial charge in [0.25, 0.3) is 0 Å². The number of aliphatic hydroxyl groups excluding tert-OH is 1. The van der Waals surface area contributed by atoms with Gasteiger partial charge >= 0.3 is 0 Å². The van der Waals surface area contributed by atoms with Gasteiger partial charge in [-0.1, -0.05) is 6.08 Å². The average molecular weight is 155 g/mol. The molecule has 2 unspecified atom stereocenters. The van der Waals surface area contributed by atoms with E-state index in [0.29, 0.717) is 5.92 Å². The van der Waals surface area contributed by atoms with E-state index >= 15 is 0 Å². The van der Waals surface area contributed by atoms with Crippen molar-refractivity contribution in [1.82, 2.24) is 4.90 Å². The highest BCUT2D eigenvalue weighted by Crippen LogP contribution is 2.19. The lowest BCUT2D eigenvalue weighted by atomic mass is 9.92.